The monoisotopic (exact) mass is 190 g/mol. The zero-order chi connectivity index (χ0) is 10.1. The summed E-state index contributed by atoms with van der Waals surface area (Å²) in [5.41, 5.74) is 9.95. The molecule has 1 aromatic rings. The predicted octanol–water partition coefficient (Wildman–Crippen LogP) is 2.63. The molecule has 1 aromatic carbocycles. The van der Waals surface area contributed by atoms with Gasteiger partial charge in [0.05, 0.1) is 0 Å². The van der Waals surface area contributed by atoms with Gasteiger partial charge in [0.1, 0.15) is 0 Å². The van der Waals surface area contributed by atoms with Gasteiger partial charge in [0.2, 0.25) is 0 Å². The van der Waals surface area contributed by atoms with Crippen LogP contribution in [0.2, 0.25) is 0 Å². The van der Waals surface area contributed by atoms with Crippen LogP contribution >= 0.6 is 0 Å². The minimum Gasteiger partial charge on any atom is -0.385 e. The van der Waals surface area contributed by atoms with Crippen molar-refractivity contribution in [3.05, 3.63) is 29.3 Å². The first kappa shape index (κ1) is 9.53. The van der Waals surface area contributed by atoms with Gasteiger partial charge in [0, 0.05) is 18.3 Å². The molecular weight excluding hydrogens is 172 g/mol. The van der Waals surface area contributed by atoms with Crippen molar-refractivity contribution in [3.8, 4) is 0 Å². The molecular formula is C12H18N2. The lowest BCUT2D eigenvalue weighted by molar-refractivity contribution is 0.652. The zero-order valence-electron chi connectivity index (χ0n) is 8.88. The Labute approximate surface area is 85.5 Å². The van der Waals surface area contributed by atoms with E-state index in [9.17, 15) is 0 Å². The van der Waals surface area contributed by atoms with Crippen LogP contribution in [0.5, 0.6) is 0 Å². The van der Waals surface area contributed by atoms with Crippen LogP contribution in [0.15, 0.2) is 18.2 Å². The number of nitrogens with one attached hydrogen (secondary N) is 1. The first-order valence-electron chi connectivity index (χ1n) is 5.32. The molecule has 0 aliphatic carbocycles. The molecule has 0 fully saturated rings. The highest BCUT2D eigenvalue weighted by atomic mass is 14.9. The lowest BCUT2D eigenvalue weighted by Gasteiger charge is -2.24. The highest BCUT2D eigenvalue weighted by molar-refractivity contribution is 5.56. The normalized spacial score (nSPS) is 20.4. The summed E-state index contributed by atoms with van der Waals surface area (Å²) in [5, 5.41) is 3.38. The second-order valence-corrected chi connectivity index (χ2v) is 4.32. The van der Waals surface area contributed by atoms with Crippen molar-refractivity contribution in [2.45, 2.75) is 32.2 Å². The molecule has 1 aliphatic heterocycles. The summed E-state index contributed by atoms with van der Waals surface area (Å²) < 4.78 is 0. The number of fused-ring (bicyclic) bond motifs is 1. The van der Waals surface area contributed by atoms with E-state index in [1.165, 1.54) is 16.8 Å². The van der Waals surface area contributed by atoms with Crippen molar-refractivity contribution in [3.63, 3.8) is 0 Å². The van der Waals surface area contributed by atoms with Crippen LogP contribution in [0.25, 0.3) is 0 Å². The third-order valence-electron chi connectivity index (χ3n) is 2.91. The van der Waals surface area contributed by atoms with Crippen molar-refractivity contribution < 1.29 is 0 Å². The molecule has 1 atom stereocenters. The highest BCUT2D eigenvalue weighted by Crippen LogP contribution is 2.30. The Kier molecular flexibility index (Phi) is 2.46. The van der Waals surface area contributed by atoms with E-state index in [-0.39, 0.29) is 6.04 Å². The van der Waals surface area contributed by atoms with Crippen molar-refractivity contribution in [2.75, 3.05) is 11.9 Å². The Hall–Kier alpha value is -1.02. The van der Waals surface area contributed by atoms with Crippen molar-refractivity contribution >= 4 is 5.69 Å². The average molecular weight is 190 g/mol. The molecule has 0 saturated heterocycles. The Morgan fingerprint density at radius 1 is 1.43 bits per heavy atom. The molecule has 0 aromatic heterocycles. The molecule has 1 aliphatic rings. The molecule has 1 unspecified atom stereocenters. The van der Waals surface area contributed by atoms with Crippen LogP contribution in [-0.4, -0.2) is 6.54 Å². The Morgan fingerprint density at radius 2 is 2.21 bits per heavy atom. The van der Waals surface area contributed by atoms with E-state index in [0.717, 1.165) is 13.0 Å². The van der Waals surface area contributed by atoms with E-state index in [1.54, 1.807) is 0 Å². The average Bonchev–Trinajstić information content (AvgIpc) is 2.18. The maximum absolute atomic E-state index is 6.08. The van der Waals surface area contributed by atoms with Crippen LogP contribution in [0.3, 0.4) is 0 Å². The van der Waals surface area contributed by atoms with Crippen molar-refractivity contribution in [1.82, 2.24) is 0 Å². The Bertz CT molecular complexity index is 331. The molecule has 2 rings (SSSR count). The topological polar surface area (TPSA) is 38.0 Å². The molecule has 0 bridgehead atoms. The van der Waals surface area contributed by atoms with E-state index in [0.29, 0.717) is 5.92 Å². The van der Waals surface area contributed by atoms with Crippen LogP contribution < -0.4 is 11.1 Å². The summed E-state index contributed by atoms with van der Waals surface area (Å²) in [6.07, 6.45) is 1.04. The van der Waals surface area contributed by atoms with E-state index in [1.807, 2.05) is 0 Å². The summed E-state index contributed by atoms with van der Waals surface area (Å²) in [5.74, 6) is 0.578. The van der Waals surface area contributed by atoms with E-state index in [4.69, 9.17) is 5.73 Å². The van der Waals surface area contributed by atoms with Crippen LogP contribution in [-0.2, 0) is 0 Å². The van der Waals surface area contributed by atoms with E-state index in [2.05, 4.69) is 37.4 Å². The van der Waals surface area contributed by atoms with Gasteiger partial charge in [-0.1, -0.05) is 26.0 Å². The number of benzene rings is 1. The third kappa shape index (κ3) is 1.62. The lowest BCUT2D eigenvalue weighted by atomic mass is 9.93. The quantitative estimate of drug-likeness (QED) is 0.714. The fraction of sp³-hybridized carbons (Fsp3) is 0.500. The highest BCUT2D eigenvalue weighted by Gasteiger charge is 2.16. The van der Waals surface area contributed by atoms with Gasteiger partial charge in [0.25, 0.3) is 0 Å². The van der Waals surface area contributed by atoms with E-state index >= 15 is 0 Å². The Balaban J connectivity index is 2.41. The molecule has 0 radical (unpaired) electrons. The molecule has 14 heavy (non-hydrogen) atoms. The smallest absolute Gasteiger partial charge is 0.0388 e. The first-order chi connectivity index (χ1) is 6.68. The zero-order valence-corrected chi connectivity index (χ0v) is 8.88. The van der Waals surface area contributed by atoms with Gasteiger partial charge >= 0.3 is 0 Å². The Morgan fingerprint density at radius 3 is 2.93 bits per heavy atom. The van der Waals surface area contributed by atoms with Gasteiger partial charge in [-0.15, -0.1) is 0 Å². The summed E-state index contributed by atoms with van der Waals surface area (Å²) in [6, 6.07) is 6.81. The van der Waals surface area contributed by atoms with Crippen LogP contribution in [0.1, 0.15) is 43.4 Å². The van der Waals surface area contributed by atoms with Gasteiger partial charge in [-0.2, -0.15) is 0 Å². The summed E-state index contributed by atoms with van der Waals surface area (Å²) in [6.45, 7) is 5.42. The fourth-order valence-electron chi connectivity index (χ4n) is 1.93. The molecule has 3 N–H and O–H groups in total. The van der Waals surface area contributed by atoms with Crippen molar-refractivity contribution in [1.29, 1.82) is 0 Å². The minimum atomic E-state index is 0.213. The maximum Gasteiger partial charge on any atom is 0.0388 e. The first-order valence-corrected chi connectivity index (χ1v) is 5.32. The fourth-order valence-corrected chi connectivity index (χ4v) is 1.93. The molecule has 0 saturated carbocycles. The standard InChI is InChI=1S/C12H18N2/c1-8(2)9-3-4-12-10(7-9)11(13)5-6-14-12/h3-4,7-8,11,14H,5-6,13H2,1-2H3. The number of hydrogen-bond donors (Lipinski definition) is 2. The van der Waals surface area contributed by atoms with Gasteiger partial charge in [-0.25, -0.2) is 0 Å². The summed E-state index contributed by atoms with van der Waals surface area (Å²) in [7, 11) is 0. The molecule has 0 spiro atoms. The van der Waals surface area contributed by atoms with Gasteiger partial charge < -0.3 is 11.1 Å². The number of anilines is 1. The molecule has 2 heteroatoms. The second-order valence-electron chi connectivity index (χ2n) is 4.32. The van der Waals surface area contributed by atoms with Crippen LogP contribution in [0, 0.1) is 0 Å². The summed E-state index contributed by atoms with van der Waals surface area (Å²) in [4.78, 5) is 0. The molecule has 2 nitrogen and oxygen atoms in total. The second kappa shape index (κ2) is 3.62. The maximum atomic E-state index is 6.08. The number of rotatable bonds is 1. The van der Waals surface area contributed by atoms with Crippen LogP contribution in [0.4, 0.5) is 5.69 Å². The molecule has 1 heterocycles. The van der Waals surface area contributed by atoms with Gasteiger partial charge in [-0.3, -0.25) is 0 Å². The summed E-state index contributed by atoms with van der Waals surface area (Å²) >= 11 is 0. The number of nitrogens with two attached hydrogens (primary N) is 1. The third-order valence-corrected chi connectivity index (χ3v) is 2.91. The lowest BCUT2D eigenvalue weighted by Crippen LogP contribution is -2.22. The molecule has 76 valence electrons. The van der Waals surface area contributed by atoms with Crippen molar-refractivity contribution in [2.24, 2.45) is 5.73 Å². The number of hydrogen-bond acceptors (Lipinski definition) is 2. The van der Waals surface area contributed by atoms with E-state index < -0.39 is 0 Å². The predicted molar refractivity (Wildman–Crippen MR) is 60.6 cm³/mol. The molecule has 0 amide bonds. The largest absolute Gasteiger partial charge is 0.385 e. The SMILES string of the molecule is CC(C)c1ccc2c(c1)C(N)CCN2. The van der Waals surface area contributed by atoms with Gasteiger partial charge in [-0.05, 0) is 29.5 Å². The minimum absolute atomic E-state index is 0.213. The van der Waals surface area contributed by atoms with Gasteiger partial charge in [0.15, 0.2) is 0 Å².